The Morgan fingerprint density at radius 2 is 1.64 bits per heavy atom. The number of amides is 1. The first kappa shape index (κ1) is 16.5. The summed E-state index contributed by atoms with van der Waals surface area (Å²) in [6.07, 6.45) is 0. The second-order valence-electron chi connectivity index (χ2n) is 5.42. The topological polar surface area (TPSA) is 80.9 Å². The molecule has 25 heavy (non-hydrogen) atoms. The quantitative estimate of drug-likeness (QED) is 0.714. The molecular formula is C18H14F2N4O. The number of nitrogen functional groups attached to an aromatic ring is 1. The molecule has 1 amide bonds. The zero-order valence-electron chi connectivity index (χ0n) is 13.3. The fraction of sp³-hybridized carbons (Fsp3) is 0.0556. The van der Waals surface area contributed by atoms with Crippen molar-refractivity contribution in [3.05, 3.63) is 71.6 Å². The van der Waals surface area contributed by atoms with Gasteiger partial charge in [0.25, 0.3) is 5.91 Å². The molecule has 3 N–H and O–H groups in total. The Morgan fingerprint density at radius 3 is 2.28 bits per heavy atom. The van der Waals surface area contributed by atoms with E-state index >= 15 is 0 Å². The highest BCUT2D eigenvalue weighted by molar-refractivity contribution is 6.04. The highest BCUT2D eigenvalue weighted by Crippen LogP contribution is 2.27. The molecule has 3 aromatic rings. The van der Waals surface area contributed by atoms with Crippen LogP contribution in [0.2, 0.25) is 0 Å². The second-order valence-corrected chi connectivity index (χ2v) is 5.42. The molecule has 0 bridgehead atoms. The van der Waals surface area contributed by atoms with Crippen molar-refractivity contribution in [2.45, 2.75) is 6.92 Å². The zero-order chi connectivity index (χ0) is 18.0. The maximum absolute atomic E-state index is 13.8. The summed E-state index contributed by atoms with van der Waals surface area (Å²) < 4.78 is 26.7. The molecule has 2 aromatic heterocycles. The van der Waals surface area contributed by atoms with Gasteiger partial charge in [-0.05, 0) is 43.3 Å². The van der Waals surface area contributed by atoms with Crippen LogP contribution in [0.1, 0.15) is 15.9 Å². The molecule has 0 atom stereocenters. The summed E-state index contributed by atoms with van der Waals surface area (Å²) in [5.41, 5.74) is 7.65. The number of anilines is 2. The summed E-state index contributed by atoms with van der Waals surface area (Å²) in [4.78, 5) is 19.4. The number of hydrogen-bond donors (Lipinski definition) is 2. The van der Waals surface area contributed by atoms with E-state index in [4.69, 9.17) is 5.73 Å². The predicted molar refractivity (Wildman–Crippen MR) is 90.9 cm³/mol. The van der Waals surface area contributed by atoms with Gasteiger partial charge in [-0.3, -0.25) is 4.79 Å². The lowest BCUT2D eigenvalue weighted by Gasteiger charge is -2.09. The Balaban J connectivity index is 1.84. The van der Waals surface area contributed by atoms with E-state index in [2.05, 4.69) is 15.3 Å². The number of aryl methyl sites for hydroxylation is 1. The molecule has 0 saturated carbocycles. The largest absolute Gasteiger partial charge is 0.383 e. The standard InChI is InChI=1S/C18H14F2N4O/c1-10-2-4-11(5-3-10)18(25)24-15-9-7-13(17(21)23-15)12-6-8-14(19)22-16(12)20/h2-9H,1H3,(H3,21,23,24,25). The van der Waals surface area contributed by atoms with Crippen molar-refractivity contribution in [2.75, 3.05) is 11.1 Å². The van der Waals surface area contributed by atoms with E-state index in [-0.39, 0.29) is 28.7 Å². The molecule has 0 spiro atoms. The second kappa shape index (κ2) is 6.64. The molecule has 3 rings (SSSR count). The van der Waals surface area contributed by atoms with Crippen molar-refractivity contribution in [3.63, 3.8) is 0 Å². The summed E-state index contributed by atoms with van der Waals surface area (Å²) in [7, 11) is 0. The first-order chi connectivity index (χ1) is 11.9. The minimum absolute atomic E-state index is 0.00554. The molecule has 1 aromatic carbocycles. The smallest absolute Gasteiger partial charge is 0.256 e. The number of halogens is 2. The maximum atomic E-state index is 13.8. The molecule has 0 unspecified atom stereocenters. The Bertz CT molecular complexity index is 942. The van der Waals surface area contributed by atoms with Gasteiger partial charge in [-0.1, -0.05) is 17.7 Å². The average Bonchev–Trinajstić information content (AvgIpc) is 2.56. The van der Waals surface area contributed by atoms with E-state index in [0.29, 0.717) is 5.56 Å². The fourth-order valence-corrected chi connectivity index (χ4v) is 2.28. The maximum Gasteiger partial charge on any atom is 0.256 e. The van der Waals surface area contributed by atoms with Crippen LogP contribution in [-0.2, 0) is 0 Å². The van der Waals surface area contributed by atoms with Gasteiger partial charge in [0.05, 0.1) is 0 Å². The van der Waals surface area contributed by atoms with Crippen molar-refractivity contribution >= 4 is 17.5 Å². The third kappa shape index (κ3) is 3.60. The molecule has 0 aliphatic carbocycles. The predicted octanol–water partition coefficient (Wildman–Crippen LogP) is 3.56. The van der Waals surface area contributed by atoms with Crippen LogP contribution in [0.15, 0.2) is 48.5 Å². The lowest BCUT2D eigenvalue weighted by atomic mass is 10.1. The molecule has 0 saturated heterocycles. The Labute approximate surface area is 142 Å². The van der Waals surface area contributed by atoms with Gasteiger partial charge in [0, 0.05) is 16.7 Å². The van der Waals surface area contributed by atoms with E-state index in [0.717, 1.165) is 11.6 Å². The summed E-state index contributed by atoms with van der Waals surface area (Å²) in [5, 5.41) is 2.62. The van der Waals surface area contributed by atoms with Crippen LogP contribution in [0.25, 0.3) is 11.1 Å². The van der Waals surface area contributed by atoms with Crippen LogP contribution in [0.3, 0.4) is 0 Å². The first-order valence-corrected chi connectivity index (χ1v) is 7.41. The Kier molecular flexibility index (Phi) is 4.38. The molecule has 0 fully saturated rings. The fourth-order valence-electron chi connectivity index (χ4n) is 2.28. The molecular weight excluding hydrogens is 326 g/mol. The van der Waals surface area contributed by atoms with Crippen LogP contribution in [0, 0.1) is 18.8 Å². The van der Waals surface area contributed by atoms with Gasteiger partial charge < -0.3 is 11.1 Å². The summed E-state index contributed by atoms with van der Waals surface area (Å²) >= 11 is 0. The van der Waals surface area contributed by atoms with Crippen molar-refractivity contribution < 1.29 is 13.6 Å². The van der Waals surface area contributed by atoms with Crippen LogP contribution in [-0.4, -0.2) is 15.9 Å². The van der Waals surface area contributed by atoms with Gasteiger partial charge in [-0.15, -0.1) is 0 Å². The Hall–Kier alpha value is -3.35. The van der Waals surface area contributed by atoms with Gasteiger partial charge >= 0.3 is 0 Å². The lowest BCUT2D eigenvalue weighted by molar-refractivity contribution is 0.102. The van der Waals surface area contributed by atoms with Crippen molar-refractivity contribution in [1.29, 1.82) is 0 Å². The molecule has 7 heteroatoms. The number of nitrogens with one attached hydrogen (secondary N) is 1. The van der Waals surface area contributed by atoms with Gasteiger partial charge in [0.2, 0.25) is 11.9 Å². The molecule has 0 aliphatic rings. The lowest BCUT2D eigenvalue weighted by Crippen LogP contribution is -2.13. The van der Waals surface area contributed by atoms with Gasteiger partial charge in [0.1, 0.15) is 11.6 Å². The molecule has 0 aliphatic heterocycles. The monoisotopic (exact) mass is 340 g/mol. The number of aromatic nitrogens is 2. The normalized spacial score (nSPS) is 10.5. The van der Waals surface area contributed by atoms with E-state index < -0.39 is 11.9 Å². The van der Waals surface area contributed by atoms with E-state index in [9.17, 15) is 13.6 Å². The van der Waals surface area contributed by atoms with Crippen molar-refractivity contribution in [2.24, 2.45) is 0 Å². The number of benzene rings is 1. The number of nitrogens with zero attached hydrogens (tertiary/aromatic N) is 2. The number of pyridine rings is 2. The third-order valence-corrected chi connectivity index (χ3v) is 3.59. The highest BCUT2D eigenvalue weighted by atomic mass is 19.1. The molecule has 0 radical (unpaired) electrons. The van der Waals surface area contributed by atoms with Gasteiger partial charge in [-0.25, -0.2) is 4.98 Å². The van der Waals surface area contributed by atoms with Crippen LogP contribution in [0.4, 0.5) is 20.4 Å². The number of rotatable bonds is 3. The minimum Gasteiger partial charge on any atom is -0.383 e. The average molecular weight is 340 g/mol. The molecule has 2 heterocycles. The number of hydrogen-bond acceptors (Lipinski definition) is 4. The number of carbonyl (C=O) groups is 1. The molecule has 126 valence electrons. The minimum atomic E-state index is -0.982. The summed E-state index contributed by atoms with van der Waals surface area (Å²) in [6.45, 7) is 1.92. The zero-order valence-corrected chi connectivity index (χ0v) is 13.3. The highest BCUT2D eigenvalue weighted by Gasteiger charge is 2.13. The molecule has 5 nitrogen and oxygen atoms in total. The number of nitrogens with two attached hydrogens (primary N) is 1. The van der Waals surface area contributed by atoms with Crippen LogP contribution < -0.4 is 11.1 Å². The van der Waals surface area contributed by atoms with E-state index in [1.807, 2.05) is 19.1 Å². The van der Waals surface area contributed by atoms with Crippen LogP contribution in [0.5, 0.6) is 0 Å². The van der Waals surface area contributed by atoms with E-state index in [1.54, 1.807) is 12.1 Å². The van der Waals surface area contributed by atoms with Crippen LogP contribution >= 0.6 is 0 Å². The van der Waals surface area contributed by atoms with Crippen molar-refractivity contribution in [1.82, 2.24) is 9.97 Å². The Morgan fingerprint density at radius 1 is 0.960 bits per heavy atom. The van der Waals surface area contributed by atoms with Gasteiger partial charge in [0.15, 0.2) is 0 Å². The number of carbonyl (C=O) groups excluding carboxylic acids is 1. The first-order valence-electron chi connectivity index (χ1n) is 7.41. The summed E-state index contributed by atoms with van der Waals surface area (Å²) in [6, 6.07) is 12.3. The van der Waals surface area contributed by atoms with E-state index in [1.165, 1.54) is 18.2 Å². The SMILES string of the molecule is Cc1ccc(C(=O)Nc2ccc(-c3ccc(F)nc3F)c(N)n2)cc1. The van der Waals surface area contributed by atoms with Gasteiger partial charge in [-0.2, -0.15) is 13.8 Å². The third-order valence-electron chi connectivity index (χ3n) is 3.59. The van der Waals surface area contributed by atoms with Crippen molar-refractivity contribution in [3.8, 4) is 11.1 Å². The summed E-state index contributed by atoms with van der Waals surface area (Å²) in [5.74, 6) is -2.02.